The van der Waals surface area contributed by atoms with Gasteiger partial charge in [0.05, 0.1) is 25.5 Å². The summed E-state index contributed by atoms with van der Waals surface area (Å²) in [4.78, 5) is 11.4. The van der Waals surface area contributed by atoms with Crippen molar-refractivity contribution in [2.45, 2.75) is 31.0 Å². The number of fused-ring (bicyclic) bond motifs is 1. The van der Waals surface area contributed by atoms with Crippen molar-refractivity contribution >= 4 is 17.4 Å². The van der Waals surface area contributed by atoms with E-state index < -0.39 is 5.79 Å². The normalized spacial score (nSPS) is 24.2. The molecule has 1 aromatic heterocycles. The van der Waals surface area contributed by atoms with E-state index in [1.54, 1.807) is 0 Å². The summed E-state index contributed by atoms with van der Waals surface area (Å²) < 4.78 is 11.7. The van der Waals surface area contributed by atoms with Crippen molar-refractivity contribution in [3.05, 3.63) is 52.4 Å². The molecule has 1 spiro atoms. The van der Waals surface area contributed by atoms with Gasteiger partial charge in [0.25, 0.3) is 0 Å². The van der Waals surface area contributed by atoms with Crippen molar-refractivity contribution in [3.63, 3.8) is 0 Å². The monoisotopic (exact) mass is 357 g/mol. The first-order chi connectivity index (χ1) is 12.2. The van der Waals surface area contributed by atoms with Gasteiger partial charge in [-0.2, -0.15) is 0 Å². The van der Waals surface area contributed by atoms with E-state index in [9.17, 15) is 0 Å². The van der Waals surface area contributed by atoms with Crippen molar-refractivity contribution in [2.75, 3.05) is 31.2 Å². The second-order valence-electron chi connectivity index (χ2n) is 6.96. The molecule has 5 rings (SSSR count). The van der Waals surface area contributed by atoms with Crippen molar-refractivity contribution < 1.29 is 9.47 Å². The number of anilines is 1. The van der Waals surface area contributed by atoms with E-state index in [0.29, 0.717) is 31.0 Å². The van der Waals surface area contributed by atoms with Gasteiger partial charge >= 0.3 is 0 Å². The van der Waals surface area contributed by atoms with Gasteiger partial charge in [-0.25, -0.2) is 9.97 Å². The van der Waals surface area contributed by atoms with Crippen LogP contribution in [0.5, 0.6) is 0 Å². The highest BCUT2D eigenvalue weighted by molar-refractivity contribution is 6.28. The third-order valence-corrected chi connectivity index (χ3v) is 5.68. The van der Waals surface area contributed by atoms with Crippen LogP contribution < -0.4 is 4.90 Å². The molecule has 2 fully saturated rings. The van der Waals surface area contributed by atoms with Gasteiger partial charge in [-0.3, -0.25) is 0 Å². The molecule has 0 N–H and O–H groups in total. The molecular weight excluding hydrogens is 338 g/mol. The summed E-state index contributed by atoms with van der Waals surface area (Å²) >= 11 is 6.30. The molecule has 1 unspecified atom stereocenters. The van der Waals surface area contributed by atoms with Crippen LogP contribution in [0.4, 0.5) is 5.82 Å². The first-order valence-electron chi connectivity index (χ1n) is 8.88. The fraction of sp³-hybridized carbons (Fsp3) is 0.474. The molecule has 1 atom stereocenters. The molecule has 6 heteroatoms. The van der Waals surface area contributed by atoms with Crippen LogP contribution in [-0.4, -0.2) is 42.1 Å². The summed E-state index contributed by atoms with van der Waals surface area (Å²) in [6.45, 7) is 2.93. The molecule has 130 valence electrons. The number of benzene rings is 1. The number of halogens is 1. The average molecular weight is 358 g/mol. The first kappa shape index (κ1) is 15.6. The van der Waals surface area contributed by atoms with Crippen LogP contribution in [0.25, 0.3) is 0 Å². The zero-order valence-electron chi connectivity index (χ0n) is 13.9. The molecule has 3 heterocycles. The average Bonchev–Trinajstić information content (AvgIpc) is 3.36. The number of nitrogens with zero attached hydrogens (tertiary/aromatic N) is 3. The van der Waals surface area contributed by atoms with Crippen LogP contribution in [0.3, 0.4) is 0 Å². The Balaban J connectivity index is 1.51. The zero-order chi connectivity index (χ0) is 16.9. The molecule has 25 heavy (non-hydrogen) atoms. The SMILES string of the molecule is Clc1nc2c(c(N3CCC4(C3)OCCO4)n1)CCC2c1ccccc1. The van der Waals surface area contributed by atoms with Gasteiger partial charge in [0.2, 0.25) is 5.28 Å². The second-order valence-corrected chi connectivity index (χ2v) is 7.30. The first-order valence-corrected chi connectivity index (χ1v) is 9.26. The highest BCUT2D eigenvalue weighted by atomic mass is 35.5. The van der Waals surface area contributed by atoms with Gasteiger partial charge in [0.1, 0.15) is 5.82 Å². The quantitative estimate of drug-likeness (QED) is 0.773. The zero-order valence-corrected chi connectivity index (χ0v) is 14.7. The van der Waals surface area contributed by atoms with E-state index in [1.807, 2.05) is 6.07 Å². The Morgan fingerprint density at radius 1 is 1.12 bits per heavy atom. The fourth-order valence-corrected chi connectivity index (χ4v) is 4.52. The summed E-state index contributed by atoms with van der Waals surface area (Å²) in [5, 5.41) is 0.325. The highest BCUT2D eigenvalue weighted by Crippen LogP contribution is 2.43. The lowest BCUT2D eigenvalue weighted by Gasteiger charge is -2.24. The number of ether oxygens (including phenoxy) is 2. The van der Waals surface area contributed by atoms with E-state index in [0.717, 1.165) is 37.3 Å². The molecular formula is C19H20ClN3O2. The van der Waals surface area contributed by atoms with Crippen LogP contribution in [0.2, 0.25) is 5.28 Å². The Hall–Kier alpha value is -1.69. The van der Waals surface area contributed by atoms with E-state index in [-0.39, 0.29) is 0 Å². The Kier molecular flexibility index (Phi) is 3.69. The lowest BCUT2D eigenvalue weighted by atomic mass is 9.97. The molecule has 2 aromatic rings. The van der Waals surface area contributed by atoms with Gasteiger partial charge in [-0.1, -0.05) is 30.3 Å². The lowest BCUT2D eigenvalue weighted by Crippen LogP contribution is -2.35. The predicted molar refractivity (Wildman–Crippen MR) is 95.1 cm³/mol. The maximum Gasteiger partial charge on any atom is 0.224 e. The topological polar surface area (TPSA) is 47.5 Å². The van der Waals surface area contributed by atoms with E-state index in [2.05, 4.69) is 39.1 Å². The third kappa shape index (κ3) is 2.62. The van der Waals surface area contributed by atoms with E-state index >= 15 is 0 Å². The second kappa shape index (κ2) is 5.94. The Bertz CT molecular complexity index is 793. The van der Waals surface area contributed by atoms with Crippen LogP contribution in [-0.2, 0) is 15.9 Å². The summed E-state index contributed by atoms with van der Waals surface area (Å²) in [5.74, 6) is 0.803. The van der Waals surface area contributed by atoms with Gasteiger partial charge in [-0.15, -0.1) is 0 Å². The summed E-state index contributed by atoms with van der Waals surface area (Å²) in [6.07, 6.45) is 2.89. The molecule has 1 aromatic carbocycles. The molecule has 0 radical (unpaired) electrons. The maximum absolute atomic E-state index is 6.30. The lowest BCUT2D eigenvalue weighted by molar-refractivity contribution is -0.137. The summed E-state index contributed by atoms with van der Waals surface area (Å²) in [7, 11) is 0. The maximum atomic E-state index is 6.30. The Labute approximate surface area is 151 Å². The Morgan fingerprint density at radius 2 is 1.92 bits per heavy atom. The molecule has 0 saturated carbocycles. The van der Waals surface area contributed by atoms with Crippen molar-refractivity contribution in [2.24, 2.45) is 0 Å². The third-order valence-electron chi connectivity index (χ3n) is 5.51. The van der Waals surface area contributed by atoms with Crippen LogP contribution >= 0.6 is 11.6 Å². The van der Waals surface area contributed by atoms with Crippen LogP contribution in [0.1, 0.15) is 35.6 Å². The Morgan fingerprint density at radius 3 is 2.72 bits per heavy atom. The smallest absolute Gasteiger partial charge is 0.224 e. The molecule has 0 bridgehead atoms. The molecule has 5 nitrogen and oxygen atoms in total. The fourth-order valence-electron chi connectivity index (χ4n) is 4.35. The van der Waals surface area contributed by atoms with Gasteiger partial charge < -0.3 is 14.4 Å². The van der Waals surface area contributed by atoms with E-state index in [4.69, 9.17) is 21.1 Å². The molecule has 1 aliphatic carbocycles. The van der Waals surface area contributed by atoms with Crippen LogP contribution in [0.15, 0.2) is 30.3 Å². The van der Waals surface area contributed by atoms with Crippen molar-refractivity contribution in [3.8, 4) is 0 Å². The highest BCUT2D eigenvalue weighted by Gasteiger charge is 2.45. The number of aromatic nitrogens is 2. The van der Waals surface area contributed by atoms with Gasteiger partial charge in [0.15, 0.2) is 5.79 Å². The molecule has 2 saturated heterocycles. The van der Waals surface area contributed by atoms with Crippen LogP contribution in [0, 0.1) is 0 Å². The summed E-state index contributed by atoms with van der Waals surface area (Å²) in [5.41, 5.74) is 3.60. The number of hydrogen-bond acceptors (Lipinski definition) is 5. The van der Waals surface area contributed by atoms with E-state index in [1.165, 1.54) is 11.1 Å². The summed E-state index contributed by atoms with van der Waals surface area (Å²) in [6, 6.07) is 10.5. The number of hydrogen-bond donors (Lipinski definition) is 0. The minimum atomic E-state index is -0.457. The molecule has 0 amide bonds. The van der Waals surface area contributed by atoms with Gasteiger partial charge in [0, 0.05) is 24.4 Å². The minimum absolute atomic E-state index is 0.297. The number of rotatable bonds is 2. The standard InChI is InChI=1S/C19H20ClN3O2/c20-18-21-16-14(13-4-2-1-3-5-13)6-7-15(16)17(22-18)23-9-8-19(12-23)24-10-11-25-19/h1-5,14H,6-12H2. The van der Waals surface area contributed by atoms with Crippen molar-refractivity contribution in [1.82, 2.24) is 9.97 Å². The molecule has 3 aliphatic rings. The van der Waals surface area contributed by atoms with Gasteiger partial charge in [-0.05, 0) is 30.0 Å². The minimum Gasteiger partial charge on any atom is -0.351 e. The predicted octanol–water partition coefficient (Wildman–Crippen LogP) is 3.16. The largest absolute Gasteiger partial charge is 0.351 e. The van der Waals surface area contributed by atoms with Crippen molar-refractivity contribution in [1.29, 1.82) is 0 Å². The molecule has 2 aliphatic heterocycles.